The molecule has 0 aliphatic rings. The zero-order valence-electron chi connectivity index (χ0n) is 19.7. The summed E-state index contributed by atoms with van der Waals surface area (Å²) in [7, 11) is 0. The molecule has 0 radical (unpaired) electrons. The van der Waals surface area contributed by atoms with Crippen molar-refractivity contribution in [2.75, 3.05) is 0 Å². The molecule has 0 unspecified atom stereocenters. The number of hydrogen-bond donors (Lipinski definition) is 2. The normalized spacial score (nSPS) is 13.0. The molecule has 0 aliphatic carbocycles. The summed E-state index contributed by atoms with van der Waals surface area (Å²) in [5.41, 5.74) is 9.32. The summed E-state index contributed by atoms with van der Waals surface area (Å²) >= 11 is 3.47. The number of hydrogen-bond acceptors (Lipinski definition) is 5. The number of nitrogens with zero attached hydrogens (tertiary/aromatic N) is 3. The second kappa shape index (κ2) is 12.6. The van der Waals surface area contributed by atoms with Crippen molar-refractivity contribution >= 4 is 38.4 Å². The van der Waals surface area contributed by atoms with Crippen LogP contribution in [0.5, 0.6) is 0 Å². The van der Waals surface area contributed by atoms with Crippen LogP contribution in [0.4, 0.5) is 5.69 Å². The van der Waals surface area contributed by atoms with E-state index in [1.165, 1.54) is 12.1 Å². The Bertz CT molecular complexity index is 1390. The van der Waals surface area contributed by atoms with Crippen LogP contribution in [0.1, 0.15) is 37.3 Å². The number of nitro groups is 2. The van der Waals surface area contributed by atoms with Gasteiger partial charge in [-0.3, -0.25) is 20.2 Å². The van der Waals surface area contributed by atoms with E-state index in [1.807, 2.05) is 37.3 Å². The van der Waals surface area contributed by atoms with Crippen molar-refractivity contribution in [3.05, 3.63) is 120 Å². The van der Waals surface area contributed by atoms with Gasteiger partial charge in [0.05, 0.1) is 9.85 Å². The fourth-order valence-corrected chi connectivity index (χ4v) is 4.02. The van der Waals surface area contributed by atoms with E-state index in [0.717, 1.165) is 15.4 Å². The van der Waals surface area contributed by atoms with Crippen molar-refractivity contribution in [1.82, 2.24) is 4.98 Å². The summed E-state index contributed by atoms with van der Waals surface area (Å²) in [4.78, 5) is 29.6. The van der Waals surface area contributed by atoms with Gasteiger partial charge in [-0.2, -0.15) is 0 Å². The Morgan fingerprint density at radius 2 is 1.97 bits per heavy atom. The first-order chi connectivity index (χ1) is 17.3. The van der Waals surface area contributed by atoms with Gasteiger partial charge in [-0.05, 0) is 49.6 Å². The monoisotopic (exact) mass is 551 g/mol. The van der Waals surface area contributed by atoms with Crippen LogP contribution in [0.3, 0.4) is 0 Å². The van der Waals surface area contributed by atoms with Gasteiger partial charge in [-0.1, -0.05) is 46.3 Å². The van der Waals surface area contributed by atoms with Crippen molar-refractivity contribution < 1.29 is 9.85 Å². The van der Waals surface area contributed by atoms with Crippen LogP contribution in [0.25, 0.3) is 10.9 Å². The van der Waals surface area contributed by atoms with E-state index in [9.17, 15) is 20.2 Å². The first-order valence-corrected chi connectivity index (χ1v) is 12.1. The number of fused-ring (bicyclic) bond motifs is 1. The quantitative estimate of drug-likeness (QED) is 0.0909. The number of aromatic amines is 1. The van der Waals surface area contributed by atoms with Crippen LogP contribution >= 0.6 is 15.9 Å². The Morgan fingerprint density at radius 1 is 1.17 bits per heavy atom. The highest BCUT2D eigenvalue weighted by atomic mass is 79.9. The first kappa shape index (κ1) is 26.6. The first-order valence-electron chi connectivity index (χ1n) is 11.3. The molecule has 0 fully saturated rings. The number of nitrogens with two attached hydrogens (primary N) is 1. The minimum absolute atomic E-state index is 0.0233. The number of nitrogens with one attached hydrogen (secondary N) is 1. The molecule has 2 aromatic carbocycles. The van der Waals surface area contributed by atoms with E-state index in [-0.39, 0.29) is 35.0 Å². The standard InChI is InChI=1S/C26H26BrN5O4/c1-2-3-4-9-21(31(33)34)10-6-8-20(14-18-7-5-11-22(15-18)32(35)36)30-26(28)24-17-29-25-13-12-19(27)16-23(24)25/h2-3,5,7-8,10-13,15-17,29H,4,6,9,14H2,1H3,(H2,28,30)/b3-2-,20-8+,21-10+. The number of allylic oxidation sites excluding steroid dienone is 6. The van der Waals surface area contributed by atoms with Gasteiger partial charge in [0.2, 0.25) is 5.70 Å². The van der Waals surface area contributed by atoms with E-state index in [2.05, 4.69) is 25.9 Å². The molecular formula is C26H26BrN5O4. The maximum Gasteiger partial charge on any atom is 0.269 e. The number of benzene rings is 2. The van der Waals surface area contributed by atoms with Crippen molar-refractivity contribution in [1.29, 1.82) is 0 Å². The molecule has 3 N–H and O–H groups in total. The molecule has 0 aliphatic heterocycles. The summed E-state index contributed by atoms with van der Waals surface area (Å²) in [6, 6.07) is 12.1. The number of halogens is 1. The minimum atomic E-state index is -0.453. The van der Waals surface area contributed by atoms with Crippen molar-refractivity contribution in [3.8, 4) is 0 Å². The summed E-state index contributed by atoms with van der Waals surface area (Å²) in [5, 5.41) is 23.5. The predicted octanol–water partition coefficient (Wildman–Crippen LogP) is 6.58. The number of H-pyrrole nitrogens is 1. The van der Waals surface area contributed by atoms with Crippen LogP contribution in [0.15, 0.2) is 93.8 Å². The fraction of sp³-hybridized carbons (Fsp3) is 0.192. The maximum atomic E-state index is 11.4. The van der Waals surface area contributed by atoms with E-state index in [1.54, 1.807) is 30.5 Å². The fourth-order valence-electron chi connectivity index (χ4n) is 3.66. The Balaban J connectivity index is 1.96. The van der Waals surface area contributed by atoms with E-state index < -0.39 is 4.92 Å². The lowest BCUT2D eigenvalue weighted by atomic mass is 10.1. The zero-order valence-corrected chi connectivity index (χ0v) is 21.3. The lowest BCUT2D eigenvalue weighted by Gasteiger charge is -2.06. The molecule has 0 spiro atoms. The van der Waals surface area contributed by atoms with Gasteiger partial charge in [0.1, 0.15) is 5.84 Å². The third-order valence-electron chi connectivity index (χ3n) is 5.43. The molecule has 0 atom stereocenters. The van der Waals surface area contributed by atoms with Gasteiger partial charge in [0, 0.05) is 57.8 Å². The van der Waals surface area contributed by atoms with Gasteiger partial charge in [0.25, 0.3) is 5.69 Å². The molecule has 0 bridgehead atoms. The zero-order chi connectivity index (χ0) is 26.1. The summed E-state index contributed by atoms with van der Waals surface area (Å²) in [6.07, 6.45) is 10.3. The van der Waals surface area contributed by atoms with Crippen molar-refractivity contribution in [2.24, 2.45) is 10.7 Å². The molecule has 1 heterocycles. The molecule has 3 aromatic rings. The van der Waals surface area contributed by atoms with Gasteiger partial charge >= 0.3 is 0 Å². The number of rotatable bonds is 11. The Morgan fingerprint density at radius 3 is 2.69 bits per heavy atom. The topological polar surface area (TPSA) is 140 Å². The van der Waals surface area contributed by atoms with Crippen LogP contribution in [-0.4, -0.2) is 20.7 Å². The molecule has 3 rings (SSSR count). The second-order valence-electron chi connectivity index (χ2n) is 7.98. The highest BCUT2D eigenvalue weighted by Gasteiger charge is 2.12. The molecule has 10 heteroatoms. The van der Waals surface area contributed by atoms with E-state index >= 15 is 0 Å². The second-order valence-corrected chi connectivity index (χ2v) is 8.90. The Hall–Kier alpha value is -4.05. The third-order valence-corrected chi connectivity index (χ3v) is 5.93. The lowest BCUT2D eigenvalue weighted by molar-refractivity contribution is -0.428. The predicted molar refractivity (Wildman–Crippen MR) is 145 cm³/mol. The van der Waals surface area contributed by atoms with Crippen LogP contribution in [0.2, 0.25) is 0 Å². The number of non-ortho nitro benzene ring substituents is 1. The molecular weight excluding hydrogens is 526 g/mol. The van der Waals surface area contributed by atoms with E-state index in [0.29, 0.717) is 29.7 Å². The minimum Gasteiger partial charge on any atom is -0.383 e. The largest absolute Gasteiger partial charge is 0.383 e. The average Bonchev–Trinajstić information content (AvgIpc) is 3.26. The Labute approximate surface area is 216 Å². The highest BCUT2D eigenvalue weighted by molar-refractivity contribution is 9.10. The van der Waals surface area contributed by atoms with Crippen molar-refractivity contribution in [2.45, 2.75) is 32.6 Å². The van der Waals surface area contributed by atoms with Gasteiger partial charge in [-0.15, -0.1) is 0 Å². The highest BCUT2D eigenvalue weighted by Crippen LogP contribution is 2.24. The summed E-state index contributed by atoms with van der Waals surface area (Å²) < 4.78 is 0.895. The molecule has 1 aromatic heterocycles. The van der Waals surface area contributed by atoms with E-state index in [4.69, 9.17) is 5.73 Å². The number of amidine groups is 1. The third kappa shape index (κ3) is 7.22. The summed E-state index contributed by atoms with van der Waals surface area (Å²) in [6.45, 7) is 1.87. The van der Waals surface area contributed by atoms with Crippen LogP contribution in [-0.2, 0) is 6.42 Å². The summed E-state index contributed by atoms with van der Waals surface area (Å²) in [5.74, 6) is 0.266. The lowest BCUT2D eigenvalue weighted by Crippen LogP contribution is -2.13. The molecule has 0 amide bonds. The number of nitro benzene ring substituents is 1. The molecule has 0 saturated carbocycles. The Kier molecular flexibility index (Phi) is 9.29. The molecule has 36 heavy (non-hydrogen) atoms. The number of aromatic nitrogens is 1. The van der Waals surface area contributed by atoms with Gasteiger partial charge < -0.3 is 10.7 Å². The van der Waals surface area contributed by atoms with Crippen LogP contribution < -0.4 is 5.73 Å². The smallest absolute Gasteiger partial charge is 0.269 e. The van der Waals surface area contributed by atoms with Gasteiger partial charge in [0.15, 0.2) is 0 Å². The molecule has 0 saturated heterocycles. The van der Waals surface area contributed by atoms with Gasteiger partial charge in [-0.25, -0.2) is 4.99 Å². The molecule has 9 nitrogen and oxygen atoms in total. The number of aliphatic imine (C=N–C) groups is 1. The SMILES string of the molecule is C/C=C\CC/C(=C\C/C=C(\Cc1cccc([N+](=O)[O-])c1)N=C(N)c1c[nH]c2ccc(Br)cc12)[N+](=O)[O-]. The van der Waals surface area contributed by atoms with Crippen molar-refractivity contribution in [3.63, 3.8) is 0 Å². The maximum absolute atomic E-state index is 11.4. The van der Waals surface area contributed by atoms with Crippen LogP contribution in [0, 0.1) is 20.2 Å². The average molecular weight is 552 g/mol. The molecule has 186 valence electrons.